The second-order valence-corrected chi connectivity index (χ2v) is 58.0. The van der Waals surface area contributed by atoms with Gasteiger partial charge >= 0.3 is 29.8 Å². The standard InChI is InChI=1S/C21H46O3Si2.C20H44O4Si2.C15H22O4.C14H20O4.C13H18O4.C13H16O4/c1-14-17(22)21(8,9)18(24-26(12,13)20(5,6)7)15-16-23-25(10,11)19(2,3)4;1-18(2,3)25(10,11)23-15-14-16(20(7,8)17(21)22-9)24-26(12,13)19(4,5)6;1-15(2,14(17)18-3)13(16)9-10-19-11-12-7-5-4-6-8-12;1-11(14(16)17-2)13(15)8-9-18-10-12-6-4-3-5-7-12;2*1-16-13(15)9-12(14)7-8-17-10-11-5-3-2-4-6-11/h18H,14-16H2,1-13H3;16H,14-15H2,1-13H3;4-8,13,16H,9-11H2,1-3H3;3-7,11,13,15H,8-10H2,1-2H3;2-6,12,14H,7-10H2,1H3;2-6H,7-10H2,1H3/t18-;16-;13-;11-,13-;12-;/m00000./s1. The number of carbonyl (C=O) groups is 7. The molecule has 4 rings (SSSR count). The summed E-state index contributed by atoms with van der Waals surface area (Å²) in [4.78, 5) is 80.6. The van der Waals surface area contributed by atoms with Gasteiger partial charge in [-0.15, -0.1) is 0 Å². The molecule has 0 aliphatic rings. The molecule has 0 saturated heterocycles. The Balaban J connectivity index is 0. The third-order valence-corrected chi connectivity index (χ3v) is 41.7. The second kappa shape index (κ2) is 57.7. The molecule has 0 aromatic heterocycles. The van der Waals surface area contributed by atoms with Gasteiger partial charge in [0, 0.05) is 51.3 Å². The lowest BCUT2D eigenvalue weighted by Crippen LogP contribution is -2.51. The number of carbonyl (C=O) groups excluding carboxylic acids is 7. The molecule has 0 radical (unpaired) electrons. The first kappa shape index (κ1) is 119. The number of methoxy groups -OCH3 is 5. The largest absolute Gasteiger partial charge is 0.469 e. The minimum absolute atomic E-state index is 0.0190. The van der Waals surface area contributed by atoms with Crippen molar-refractivity contribution < 1.29 is 109 Å². The molecule has 27 heteroatoms. The summed E-state index contributed by atoms with van der Waals surface area (Å²) in [5.74, 6) is -2.35. The average molecular weight is 1800 g/mol. The van der Waals surface area contributed by atoms with Crippen LogP contribution in [0.5, 0.6) is 0 Å². The van der Waals surface area contributed by atoms with Gasteiger partial charge in [0.2, 0.25) is 0 Å². The first-order valence-corrected chi connectivity index (χ1v) is 54.9. The summed E-state index contributed by atoms with van der Waals surface area (Å²) >= 11 is 0. The number of rotatable bonds is 45. The van der Waals surface area contributed by atoms with E-state index in [-0.39, 0.29) is 69.2 Å². The van der Waals surface area contributed by atoms with Crippen LogP contribution in [0, 0.1) is 22.2 Å². The maximum Gasteiger partial charge on any atom is 0.313 e. The van der Waals surface area contributed by atoms with Gasteiger partial charge in [-0.1, -0.05) is 225 Å². The van der Waals surface area contributed by atoms with E-state index in [2.05, 4.69) is 154 Å². The predicted molar refractivity (Wildman–Crippen MR) is 501 cm³/mol. The molecule has 123 heavy (non-hydrogen) atoms. The van der Waals surface area contributed by atoms with E-state index < -0.39 is 97.6 Å². The molecule has 4 aromatic rings. The van der Waals surface area contributed by atoms with Crippen LogP contribution in [0.15, 0.2) is 121 Å². The van der Waals surface area contributed by atoms with E-state index >= 15 is 0 Å². The van der Waals surface area contributed by atoms with Crippen molar-refractivity contribution in [2.75, 3.05) is 75.2 Å². The second-order valence-electron chi connectivity index (χ2n) is 38.8. The van der Waals surface area contributed by atoms with Gasteiger partial charge in [-0.2, -0.15) is 0 Å². The van der Waals surface area contributed by atoms with E-state index in [9.17, 15) is 48.9 Å². The van der Waals surface area contributed by atoms with Crippen LogP contribution in [0.4, 0.5) is 0 Å². The zero-order valence-electron chi connectivity index (χ0n) is 82.0. The maximum atomic E-state index is 12.6. The quantitative estimate of drug-likeness (QED) is 0.0122. The molecule has 0 heterocycles. The summed E-state index contributed by atoms with van der Waals surface area (Å²) in [5, 5.41) is 29.8. The summed E-state index contributed by atoms with van der Waals surface area (Å²) in [6, 6.07) is 39.1. The van der Waals surface area contributed by atoms with E-state index in [1.165, 1.54) is 35.5 Å². The van der Waals surface area contributed by atoms with Crippen LogP contribution in [0.25, 0.3) is 0 Å². The van der Waals surface area contributed by atoms with E-state index in [0.29, 0.717) is 98.2 Å². The molecule has 23 nitrogen and oxygen atoms in total. The van der Waals surface area contributed by atoms with E-state index in [0.717, 1.165) is 28.7 Å². The molecule has 3 N–H and O–H groups in total. The molecule has 0 bridgehead atoms. The van der Waals surface area contributed by atoms with Gasteiger partial charge in [-0.3, -0.25) is 33.6 Å². The number of aliphatic hydroxyl groups excluding tert-OH is 3. The number of benzene rings is 4. The Kier molecular flexibility index (Phi) is 55.9. The number of ketones is 2. The highest BCUT2D eigenvalue weighted by atomic mass is 28.4. The summed E-state index contributed by atoms with van der Waals surface area (Å²) < 4.78 is 71.0. The lowest BCUT2D eigenvalue weighted by Gasteiger charge is -2.44. The van der Waals surface area contributed by atoms with E-state index in [1.807, 2.05) is 156 Å². The monoisotopic (exact) mass is 1800 g/mol. The number of hydrogen-bond acceptors (Lipinski definition) is 23. The highest BCUT2D eigenvalue weighted by molar-refractivity contribution is 6.75. The highest BCUT2D eigenvalue weighted by Crippen LogP contribution is 2.44. The Morgan fingerprint density at radius 2 is 0.683 bits per heavy atom. The smallest absolute Gasteiger partial charge is 0.313 e. The number of hydrogen-bond donors (Lipinski definition) is 3. The number of esters is 5. The van der Waals surface area contributed by atoms with Crippen molar-refractivity contribution in [1.82, 2.24) is 0 Å². The Hall–Kier alpha value is -6.00. The van der Waals surface area contributed by atoms with Gasteiger partial charge in [0.25, 0.3) is 0 Å². The molecule has 0 unspecified atom stereocenters. The Morgan fingerprint density at radius 3 is 1.00 bits per heavy atom. The molecule has 6 atom stereocenters. The van der Waals surface area contributed by atoms with Crippen molar-refractivity contribution in [2.24, 2.45) is 22.2 Å². The van der Waals surface area contributed by atoms with Crippen molar-refractivity contribution in [2.45, 2.75) is 326 Å². The molecule has 704 valence electrons. The van der Waals surface area contributed by atoms with Gasteiger partial charge in [0.05, 0.1) is 122 Å². The van der Waals surface area contributed by atoms with E-state index in [4.69, 9.17) is 41.4 Å². The fourth-order valence-corrected chi connectivity index (χ4v) is 15.5. The molecule has 4 aromatic carbocycles. The average Bonchev–Trinajstić information content (AvgIpc) is 0.798. The normalized spacial score (nSPS) is 13.8. The number of ether oxygens (including phenoxy) is 9. The summed E-state index contributed by atoms with van der Waals surface area (Å²) in [6.07, 6.45) is 0.827. The third kappa shape index (κ3) is 47.6. The van der Waals surface area contributed by atoms with Crippen LogP contribution in [0.2, 0.25) is 72.5 Å². The van der Waals surface area contributed by atoms with Crippen molar-refractivity contribution >= 4 is 74.7 Å². The first-order chi connectivity index (χ1) is 56.7. The van der Waals surface area contributed by atoms with Crippen LogP contribution in [-0.2, 0) is 120 Å². The van der Waals surface area contributed by atoms with Crippen molar-refractivity contribution in [3.05, 3.63) is 144 Å². The van der Waals surface area contributed by atoms with Gasteiger partial charge in [-0.25, -0.2) is 0 Å². The van der Waals surface area contributed by atoms with Crippen molar-refractivity contribution in [1.29, 1.82) is 0 Å². The number of Topliss-reactive ketones (excluding diaryl/α,β-unsaturated/α-hetero) is 2. The summed E-state index contributed by atoms with van der Waals surface area (Å²) in [6.45, 7) is 64.6. The lowest BCUT2D eigenvalue weighted by atomic mass is 9.80. The zero-order valence-corrected chi connectivity index (χ0v) is 86.0. The Morgan fingerprint density at radius 1 is 0.366 bits per heavy atom. The van der Waals surface area contributed by atoms with Gasteiger partial charge in [0.1, 0.15) is 18.0 Å². The van der Waals surface area contributed by atoms with Crippen molar-refractivity contribution in [3.8, 4) is 0 Å². The van der Waals surface area contributed by atoms with Gasteiger partial charge in [-0.05, 0) is 162 Å². The van der Waals surface area contributed by atoms with Crippen LogP contribution in [0.3, 0.4) is 0 Å². The van der Waals surface area contributed by atoms with Gasteiger partial charge < -0.3 is 75.7 Å². The van der Waals surface area contributed by atoms with Gasteiger partial charge in [0.15, 0.2) is 33.3 Å². The Labute approximate surface area is 746 Å². The molecule has 0 saturated carbocycles. The first-order valence-electron chi connectivity index (χ1n) is 43.2. The molecule has 0 fully saturated rings. The van der Waals surface area contributed by atoms with E-state index in [1.54, 1.807) is 20.8 Å². The van der Waals surface area contributed by atoms with Crippen LogP contribution < -0.4 is 0 Å². The summed E-state index contributed by atoms with van der Waals surface area (Å²) in [7, 11) is -0.944. The zero-order chi connectivity index (χ0) is 95.1. The third-order valence-electron chi connectivity index (χ3n) is 23.7. The predicted octanol–water partition coefficient (Wildman–Crippen LogP) is 19.9. The van der Waals surface area contributed by atoms with Crippen LogP contribution in [-0.4, -0.2) is 196 Å². The van der Waals surface area contributed by atoms with Crippen molar-refractivity contribution in [3.63, 3.8) is 0 Å². The van der Waals surface area contributed by atoms with Crippen LogP contribution >= 0.6 is 0 Å². The lowest BCUT2D eigenvalue weighted by molar-refractivity contribution is -0.158. The number of aliphatic hydroxyl groups is 3. The molecule has 0 spiro atoms. The molecule has 0 amide bonds. The molecular formula is C96H166O23Si4. The molecule has 0 aliphatic heterocycles. The van der Waals surface area contributed by atoms with Crippen LogP contribution in [0.1, 0.15) is 219 Å². The fourth-order valence-electron chi connectivity index (χ4n) is 10.4. The molecular weight excluding hydrogens is 1630 g/mol. The topological polar surface area (TPSA) is 300 Å². The minimum atomic E-state index is -2.02. The molecule has 0 aliphatic carbocycles. The maximum absolute atomic E-state index is 12.6. The summed E-state index contributed by atoms with van der Waals surface area (Å²) in [5.41, 5.74) is 2.23. The SMILES string of the molecule is CCC(=O)C(C)(C)[C@H](CCO[Si](C)(C)C(C)(C)C)O[Si](C)(C)C(C)(C)C.COC(=O)C(C)(C)[C@@H](O)CCOCc1ccccc1.COC(=O)C(C)(C)[C@H](CCO[Si](C)(C)C(C)(C)C)O[Si](C)(C)C(C)(C)C.COC(=O)CC(=O)CCOCc1ccccc1.COC(=O)C[C@@H](O)CCOCc1ccccc1.COC(=O)[C@@H](C)[C@@H](O)CCOCc1ccccc1. The fraction of sp³-hybridized carbons (Fsp3) is 0.677. The Bertz CT molecular complexity index is 3480. The minimum Gasteiger partial charge on any atom is -0.469 e. The highest BCUT2D eigenvalue weighted by Gasteiger charge is 2.48.